The third-order valence-corrected chi connectivity index (χ3v) is 2.42. The summed E-state index contributed by atoms with van der Waals surface area (Å²) in [4.78, 5) is 15.4. The van der Waals surface area contributed by atoms with E-state index in [1.54, 1.807) is 17.9 Å². The summed E-state index contributed by atoms with van der Waals surface area (Å²) in [6.45, 7) is 2.26. The highest BCUT2D eigenvalue weighted by Gasteiger charge is 2.07. The topological polar surface area (TPSA) is 85.8 Å². The van der Waals surface area contributed by atoms with Crippen molar-refractivity contribution in [2.24, 2.45) is 5.73 Å². The van der Waals surface area contributed by atoms with Crippen molar-refractivity contribution >= 4 is 36.4 Å². The lowest BCUT2D eigenvalue weighted by molar-refractivity contribution is -0.117. The molecule has 0 spiro atoms. The van der Waals surface area contributed by atoms with Crippen LogP contribution < -0.4 is 11.1 Å². The molecule has 1 aromatic carbocycles. The number of nitrogens with one attached hydrogen (secondary N) is 1. The molecule has 0 aliphatic rings. The molecule has 3 N–H and O–H groups in total. The van der Waals surface area contributed by atoms with Crippen molar-refractivity contribution in [1.82, 2.24) is 14.8 Å². The second kappa shape index (κ2) is 8.52. The summed E-state index contributed by atoms with van der Waals surface area (Å²) in [5.74, 6) is -0.201. The zero-order valence-corrected chi connectivity index (χ0v) is 12.5. The van der Waals surface area contributed by atoms with Crippen LogP contribution in [0.1, 0.15) is 12.5 Å². The predicted octanol–water partition coefficient (Wildman–Crippen LogP) is 1.46. The van der Waals surface area contributed by atoms with E-state index in [0.29, 0.717) is 6.54 Å². The number of carbonyl (C=O) groups excluding carboxylic acids is 1. The van der Waals surface area contributed by atoms with E-state index in [9.17, 15) is 4.79 Å². The Morgan fingerprint density at radius 1 is 1.45 bits per heavy atom. The Labute approximate surface area is 129 Å². The van der Waals surface area contributed by atoms with Crippen molar-refractivity contribution in [1.29, 1.82) is 0 Å². The molecule has 6 nitrogen and oxygen atoms in total. The maximum atomic E-state index is 11.5. The molecule has 2 rings (SSSR count). The largest absolute Gasteiger partial charge is 0.325 e. The standard InChI is InChI=1S/C12H15N5O.2ClH/c1-9(13)12(18)16-11-4-2-3-10(5-11)6-17-8-14-7-15-17;;/h2-5,7-9H,6,13H2,1H3,(H,16,18);2*1H. The molecule has 0 aliphatic carbocycles. The minimum absolute atomic E-state index is 0. The van der Waals surface area contributed by atoms with Crippen LogP contribution in [0, 0.1) is 0 Å². The fourth-order valence-corrected chi connectivity index (χ4v) is 1.50. The summed E-state index contributed by atoms with van der Waals surface area (Å²) in [7, 11) is 0. The average Bonchev–Trinajstić information content (AvgIpc) is 2.82. The molecule has 20 heavy (non-hydrogen) atoms. The van der Waals surface area contributed by atoms with Gasteiger partial charge in [-0.2, -0.15) is 5.10 Å². The number of rotatable bonds is 4. The zero-order chi connectivity index (χ0) is 13.0. The molecular weight excluding hydrogens is 301 g/mol. The van der Waals surface area contributed by atoms with E-state index in [-0.39, 0.29) is 30.7 Å². The van der Waals surface area contributed by atoms with Gasteiger partial charge in [0.1, 0.15) is 12.7 Å². The van der Waals surface area contributed by atoms with Gasteiger partial charge in [-0.25, -0.2) is 9.67 Å². The van der Waals surface area contributed by atoms with Crippen molar-refractivity contribution in [3.05, 3.63) is 42.5 Å². The summed E-state index contributed by atoms with van der Waals surface area (Å²) in [6, 6.07) is 7.03. The van der Waals surface area contributed by atoms with Crippen LogP contribution in [0.5, 0.6) is 0 Å². The number of amides is 1. The number of anilines is 1. The highest BCUT2D eigenvalue weighted by atomic mass is 35.5. The number of carbonyl (C=O) groups is 1. The molecule has 0 fully saturated rings. The average molecular weight is 318 g/mol. The normalized spacial score (nSPS) is 10.9. The number of hydrogen-bond donors (Lipinski definition) is 2. The predicted molar refractivity (Wildman–Crippen MR) is 82.3 cm³/mol. The van der Waals surface area contributed by atoms with Crippen molar-refractivity contribution in [3.63, 3.8) is 0 Å². The first-order chi connectivity index (χ1) is 8.65. The molecule has 0 saturated carbocycles. The number of halogens is 2. The van der Waals surface area contributed by atoms with E-state index in [1.165, 1.54) is 6.33 Å². The molecule has 110 valence electrons. The van der Waals surface area contributed by atoms with Crippen LogP contribution in [0.15, 0.2) is 36.9 Å². The SMILES string of the molecule is CC(N)C(=O)Nc1cccc(Cn2cncn2)c1.Cl.Cl. The van der Waals surface area contributed by atoms with Crippen LogP contribution >= 0.6 is 24.8 Å². The van der Waals surface area contributed by atoms with Crippen LogP contribution in [-0.4, -0.2) is 26.7 Å². The fraction of sp³-hybridized carbons (Fsp3) is 0.250. The molecule has 0 bridgehead atoms. The number of nitrogens with zero attached hydrogens (tertiary/aromatic N) is 3. The Kier molecular flexibility index (Phi) is 7.83. The fourth-order valence-electron chi connectivity index (χ4n) is 1.50. The van der Waals surface area contributed by atoms with Crippen molar-refractivity contribution in [2.45, 2.75) is 19.5 Å². The Bertz CT molecular complexity index is 530. The van der Waals surface area contributed by atoms with Crippen molar-refractivity contribution in [3.8, 4) is 0 Å². The van der Waals surface area contributed by atoms with Gasteiger partial charge >= 0.3 is 0 Å². The monoisotopic (exact) mass is 317 g/mol. The molecule has 0 radical (unpaired) electrons. The zero-order valence-electron chi connectivity index (χ0n) is 10.9. The van der Waals surface area contributed by atoms with Gasteiger partial charge in [0.05, 0.1) is 12.6 Å². The Morgan fingerprint density at radius 2 is 2.20 bits per heavy atom. The molecule has 1 atom stereocenters. The molecule has 1 amide bonds. The summed E-state index contributed by atoms with van der Waals surface area (Å²) >= 11 is 0. The summed E-state index contributed by atoms with van der Waals surface area (Å²) in [5.41, 5.74) is 7.26. The highest BCUT2D eigenvalue weighted by molar-refractivity contribution is 5.94. The van der Waals surface area contributed by atoms with Gasteiger partial charge in [-0.15, -0.1) is 24.8 Å². The second-order valence-corrected chi connectivity index (χ2v) is 4.07. The van der Waals surface area contributed by atoms with E-state index in [1.807, 2.05) is 24.3 Å². The lowest BCUT2D eigenvalue weighted by atomic mass is 10.2. The lowest BCUT2D eigenvalue weighted by Gasteiger charge is -2.09. The summed E-state index contributed by atoms with van der Waals surface area (Å²) < 4.78 is 1.71. The Morgan fingerprint density at radius 3 is 2.80 bits per heavy atom. The van der Waals surface area contributed by atoms with Gasteiger partial charge in [0.15, 0.2) is 0 Å². The van der Waals surface area contributed by atoms with Gasteiger partial charge in [-0.05, 0) is 24.6 Å². The van der Waals surface area contributed by atoms with Crippen molar-refractivity contribution < 1.29 is 4.79 Å². The van der Waals surface area contributed by atoms with E-state index in [2.05, 4.69) is 15.4 Å². The number of hydrogen-bond acceptors (Lipinski definition) is 4. The van der Waals surface area contributed by atoms with Crippen LogP contribution in [0.25, 0.3) is 0 Å². The number of aromatic nitrogens is 3. The van der Waals surface area contributed by atoms with E-state index < -0.39 is 6.04 Å². The minimum Gasteiger partial charge on any atom is -0.325 e. The molecular formula is C12H17Cl2N5O. The lowest BCUT2D eigenvalue weighted by Crippen LogP contribution is -2.32. The number of nitrogens with two attached hydrogens (primary N) is 1. The van der Waals surface area contributed by atoms with Crippen LogP contribution in [-0.2, 0) is 11.3 Å². The van der Waals surface area contributed by atoms with Crippen LogP contribution in [0.4, 0.5) is 5.69 Å². The molecule has 1 aromatic heterocycles. The maximum Gasteiger partial charge on any atom is 0.240 e. The molecule has 0 aliphatic heterocycles. The third kappa shape index (κ3) is 5.16. The van der Waals surface area contributed by atoms with E-state index in [4.69, 9.17) is 5.73 Å². The van der Waals surface area contributed by atoms with Gasteiger partial charge < -0.3 is 11.1 Å². The summed E-state index contributed by atoms with van der Waals surface area (Å²) in [6.07, 6.45) is 3.13. The van der Waals surface area contributed by atoms with Crippen molar-refractivity contribution in [2.75, 3.05) is 5.32 Å². The Balaban J connectivity index is 0.00000180. The van der Waals surface area contributed by atoms with E-state index in [0.717, 1.165) is 11.3 Å². The molecule has 8 heteroatoms. The van der Waals surface area contributed by atoms with Gasteiger partial charge in [0.2, 0.25) is 5.91 Å². The number of benzene rings is 1. The van der Waals surface area contributed by atoms with Gasteiger partial charge in [-0.1, -0.05) is 12.1 Å². The smallest absolute Gasteiger partial charge is 0.240 e. The first kappa shape index (κ1) is 18.4. The van der Waals surface area contributed by atoms with Gasteiger partial charge in [-0.3, -0.25) is 4.79 Å². The van der Waals surface area contributed by atoms with Crippen LogP contribution in [0.2, 0.25) is 0 Å². The van der Waals surface area contributed by atoms with E-state index >= 15 is 0 Å². The highest BCUT2D eigenvalue weighted by Crippen LogP contribution is 2.11. The Hall–Kier alpha value is -1.63. The van der Waals surface area contributed by atoms with Crippen LogP contribution in [0.3, 0.4) is 0 Å². The van der Waals surface area contributed by atoms with Gasteiger partial charge in [0, 0.05) is 5.69 Å². The molecule has 0 saturated heterocycles. The first-order valence-electron chi connectivity index (χ1n) is 5.63. The third-order valence-electron chi connectivity index (χ3n) is 2.42. The molecule has 1 unspecified atom stereocenters. The maximum absolute atomic E-state index is 11.5. The minimum atomic E-state index is -0.524. The first-order valence-corrected chi connectivity index (χ1v) is 5.63. The summed E-state index contributed by atoms with van der Waals surface area (Å²) in [5, 5.41) is 6.78. The second-order valence-electron chi connectivity index (χ2n) is 4.07. The van der Waals surface area contributed by atoms with Gasteiger partial charge in [0.25, 0.3) is 0 Å². The quantitative estimate of drug-likeness (QED) is 0.893. The molecule has 1 heterocycles. The molecule has 2 aromatic rings.